The van der Waals surface area contributed by atoms with Crippen molar-refractivity contribution in [1.29, 1.82) is 0 Å². The van der Waals surface area contributed by atoms with Crippen LogP contribution in [0.2, 0.25) is 0 Å². The molecule has 0 bridgehead atoms. The quantitative estimate of drug-likeness (QED) is 0.0222. The zero-order chi connectivity index (χ0) is 74.4. The normalized spacial score (nSPS) is 14.0. The van der Waals surface area contributed by atoms with Crippen LogP contribution in [0.5, 0.6) is 0 Å². The number of phosphoric acid groups is 2. The first-order valence-electron chi connectivity index (χ1n) is 42.3. The predicted molar refractivity (Wildman–Crippen MR) is 414 cm³/mol. The molecule has 0 spiro atoms. The van der Waals surface area contributed by atoms with E-state index in [4.69, 9.17) is 37.0 Å². The molecule has 0 amide bonds. The molecule has 19 heteroatoms. The maximum Gasteiger partial charge on any atom is 0.472 e. The Labute approximate surface area is 619 Å². The molecule has 3 N–H and O–H groups in total. The number of rotatable bonds is 80. The zero-order valence-corrected chi connectivity index (χ0v) is 68.2. The van der Waals surface area contributed by atoms with E-state index in [1.165, 1.54) is 238 Å². The summed E-state index contributed by atoms with van der Waals surface area (Å²) in [5.41, 5.74) is 0. The van der Waals surface area contributed by atoms with Crippen molar-refractivity contribution in [3.05, 3.63) is 0 Å². The van der Waals surface area contributed by atoms with Crippen LogP contribution in [0.15, 0.2) is 0 Å². The number of carbonyl (C=O) groups excluding carboxylic acids is 4. The molecule has 0 aliphatic rings. The zero-order valence-electron chi connectivity index (χ0n) is 66.4. The summed E-state index contributed by atoms with van der Waals surface area (Å²) in [6.45, 7) is 12.0. The molecule has 0 aromatic rings. The van der Waals surface area contributed by atoms with Crippen LogP contribution < -0.4 is 0 Å². The first-order chi connectivity index (χ1) is 48.7. The van der Waals surface area contributed by atoms with Crippen LogP contribution in [0.4, 0.5) is 0 Å². The van der Waals surface area contributed by atoms with Gasteiger partial charge >= 0.3 is 39.5 Å². The second-order valence-corrected chi connectivity index (χ2v) is 33.8. The fourth-order valence-corrected chi connectivity index (χ4v) is 14.2. The summed E-state index contributed by atoms with van der Waals surface area (Å²) in [5, 5.41) is 10.6. The molecular formula is C82H160O17P2. The average Bonchev–Trinajstić information content (AvgIpc) is 0.934. The summed E-state index contributed by atoms with van der Waals surface area (Å²) >= 11 is 0. The molecule has 0 rings (SSSR count). The number of ether oxygens (including phenoxy) is 4. The first-order valence-corrected chi connectivity index (χ1v) is 45.3. The van der Waals surface area contributed by atoms with Gasteiger partial charge in [-0.25, -0.2) is 9.13 Å². The largest absolute Gasteiger partial charge is 0.472 e. The molecule has 0 radical (unpaired) electrons. The maximum atomic E-state index is 13.1. The molecule has 600 valence electrons. The third kappa shape index (κ3) is 76.1. The molecule has 0 saturated heterocycles. The Bertz CT molecular complexity index is 1960. The summed E-state index contributed by atoms with van der Waals surface area (Å²) in [5.74, 6) is 0.220. The lowest BCUT2D eigenvalue weighted by Gasteiger charge is -2.21. The number of hydrogen-bond acceptors (Lipinski definition) is 15. The number of aliphatic hydroxyl groups is 1. The number of unbranched alkanes of at least 4 members (excludes halogenated alkanes) is 48. The highest BCUT2D eigenvalue weighted by molar-refractivity contribution is 7.47. The number of esters is 4. The van der Waals surface area contributed by atoms with E-state index in [1.807, 2.05) is 0 Å². The second-order valence-electron chi connectivity index (χ2n) is 30.9. The van der Waals surface area contributed by atoms with Crippen molar-refractivity contribution in [1.82, 2.24) is 0 Å². The van der Waals surface area contributed by atoms with E-state index in [2.05, 4.69) is 48.5 Å². The van der Waals surface area contributed by atoms with Gasteiger partial charge in [-0.05, 0) is 43.4 Å². The Morgan fingerprint density at radius 1 is 0.267 bits per heavy atom. The van der Waals surface area contributed by atoms with Crippen LogP contribution in [-0.4, -0.2) is 96.7 Å². The third-order valence-corrected chi connectivity index (χ3v) is 21.0. The minimum absolute atomic E-state index is 0.107. The maximum absolute atomic E-state index is 13.1. The number of hydrogen-bond donors (Lipinski definition) is 3. The molecule has 0 aromatic heterocycles. The van der Waals surface area contributed by atoms with Crippen LogP contribution in [0.1, 0.15) is 427 Å². The number of carbonyl (C=O) groups is 4. The lowest BCUT2D eigenvalue weighted by Crippen LogP contribution is -2.30. The van der Waals surface area contributed by atoms with E-state index in [0.717, 1.165) is 108 Å². The monoisotopic (exact) mass is 1480 g/mol. The van der Waals surface area contributed by atoms with E-state index >= 15 is 0 Å². The van der Waals surface area contributed by atoms with Gasteiger partial charge in [0, 0.05) is 25.7 Å². The van der Waals surface area contributed by atoms with E-state index in [9.17, 15) is 43.2 Å². The molecule has 17 nitrogen and oxygen atoms in total. The molecule has 0 saturated carbocycles. The lowest BCUT2D eigenvalue weighted by molar-refractivity contribution is -0.161. The Hall–Kier alpha value is -1.94. The van der Waals surface area contributed by atoms with Crippen LogP contribution in [0, 0.1) is 17.8 Å². The number of phosphoric ester groups is 2. The second kappa shape index (κ2) is 72.3. The summed E-state index contributed by atoms with van der Waals surface area (Å²) in [6, 6.07) is 0. The van der Waals surface area contributed by atoms with Crippen molar-refractivity contribution < 1.29 is 80.2 Å². The van der Waals surface area contributed by atoms with Gasteiger partial charge in [0.25, 0.3) is 0 Å². The van der Waals surface area contributed by atoms with Crippen LogP contribution >= 0.6 is 15.6 Å². The number of aliphatic hydroxyl groups excluding tert-OH is 1. The third-order valence-electron chi connectivity index (χ3n) is 19.1. The Kier molecular flexibility index (Phi) is 70.9. The van der Waals surface area contributed by atoms with Gasteiger partial charge in [-0.1, -0.05) is 376 Å². The van der Waals surface area contributed by atoms with E-state index < -0.39 is 97.5 Å². The van der Waals surface area contributed by atoms with E-state index in [0.29, 0.717) is 25.7 Å². The molecule has 0 fully saturated rings. The van der Waals surface area contributed by atoms with Crippen molar-refractivity contribution in [2.45, 2.75) is 446 Å². The molecule has 0 aliphatic carbocycles. The molecule has 5 atom stereocenters. The van der Waals surface area contributed by atoms with E-state index in [1.54, 1.807) is 0 Å². The minimum atomic E-state index is -4.96. The molecule has 0 aromatic carbocycles. The van der Waals surface area contributed by atoms with Crippen molar-refractivity contribution in [2.75, 3.05) is 39.6 Å². The van der Waals surface area contributed by atoms with Gasteiger partial charge in [0.15, 0.2) is 12.2 Å². The summed E-state index contributed by atoms with van der Waals surface area (Å²) in [7, 11) is -9.92. The first kappa shape index (κ1) is 99.1. The summed E-state index contributed by atoms with van der Waals surface area (Å²) in [6.07, 6.45) is 61.1. The predicted octanol–water partition coefficient (Wildman–Crippen LogP) is 24.5. The van der Waals surface area contributed by atoms with Crippen molar-refractivity contribution in [2.24, 2.45) is 17.8 Å². The van der Waals surface area contributed by atoms with Crippen LogP contribution in [-0.2, 0) is 65.4 Å². The van der Waals surface area contributed by atoms with Gasteiger partial charge in [-0.3, -0.25) is 37.3 Å². The van der Waals surface area contributed by atoms with Gasteiger partial charge in [0.05, 0.1) is 26.4 Å². The van der Waals surface area contributed by atoms with Crippen molar-refractivity contribution >= 4 is 39.5 Å². The minimum Gasteiger partial charge on any atom is -0.462 e. The Morgan fingerprint density at radius 3 is 0.673 bits per heavy atom. The van der Waals surface area contributed by atoms with Crippen molar-refractivity contribution in [3.63, 3.8) is 0 Å². The molecule has 0 aliphatic heterocycles. The standard InChI is InChI=1S/C82H160O17P2/c1-8-9-10-11-12-13-14-15-23-30-35-44-51-58-65-81(86)99-78(70-93-80(85)64-57-50-43-38-37-41-48-55-62-75(6)7)72-97-101(90,91)95-68-76(83)67-94-100(88,89)96-71-77(69-92-79(84)63-56-49-42-34-29-26-25-28-33-40-47-54-61-74(4)5)98-82(87)66-59-52-45-36-31-24-21-19-17-16-18-20-22-27-32-39-46-53-60-73(2)3/h73-78,83H,8-72H2,1-7H3,(H,88,89)(H,90,91)/t76-,77-,78-/m1/s1. The summed E-state index contributed by atoms with van der Waals surface area (Å²) < 4.78 is 68.8. The molecular weight excluding hydrogens is 1320 g/mol. The van der Waals surface area contributed by atoms with Crippen molar-refractivity contribution in [3.8, 4) is 0 Å². The van der Waals surface area contributed by atoms with Gasteiger partial charge in [-0.2, -0.15) is 0 Å². The van der Waals surface area contributed by atoms with Gasteiger partial charge in [0.1, 0.15) is 19.3 Å². The lowest BCUT2D eigenvalue weighted by atomic mass is 10.0. The van der Waals surface area contributed by atoms with Crippen LogP contribution in [0.25, 0.3) is 0 Å². The fraction of sp³-hybridized carbons (Fsp3) is 0.951. The summed E-state index contributed by atoms with van der Waals surface area (Å²) in [4.78, 5) is 73.1. The average molecular weight is 1480 g/mol. The van der Waals surface area contributed by atoms with Crippen LogP contribution in [0.3, 0.4) is 0 Å². The van der Waals surface area contributed by atoms with Gasteiger partial charge in [0.2, 0.25) is 0 Å². The fourth-order valence-electron chi connectivity index (χ4n) is 12.7. The SMILES string of the molecule is CCCCCCCCCCCCCCCCC(=O)O[C@H](COC(=O)CCCCCCCCCCC(C)C)COP(=O)(O)OC[C@H](O)COP(=O)(O)OC[C@@H](COC(=O)CCCCCCCCCCCCCCC(C)C)OC(=O)CCCCCCCCCCCCCCCCCCCCC(C)C. The van der Waals surface area contributed by atoms with Gasteiger partial charge in [-0.15, -0.1) is 0 Å². The Morgan fingerprint density at radius 2 is 0.455 bits per heavy atom. The highest BCUT2D eigenvalue weighted by Gasteiger charge is 2.30. The van der Waals surface area contributed by atoms with Gasteiger partial charge < -0.3 is 33.8 Å². The Balaban J connectivity index is 5.23. The molecule has 2 unspecified atom stereocenters. The smallest absolute Gasteiger partial charge is 0.462 e. The molecule has 0 heterocycles. The molecule has 101 heavy (non-hydrogen) atoms. The highest BCUT2D eigenvalue weighted by Crippen LogP contribution is 2.45. The topological polar surface area (TPSA) is 237 Å². The van der Waals surface area contributed by atoms with E-state index in [-0.39, 0.29) is 25.7 Å². The highest BCUT2D eigenvalue weighted by atomic mass is 31.2.